The van der Waals surface area contributed by atoms with Crippen LogP contribution in [0.3, 0.4) is 0 Å². The molecule has 6 nitrogen and oxygen atoms in total. The fourth-order valence-corrected chi connectivity index (χ4v) is 10.8. The molecule has 0 rings (SSSR count). The van der Waals surface area contributed by atoms with Crippen LogP contribution in [0.15, 0.2) is 36.5 Å². The second-order valence-corrected chi connectivity index (χ2v) is 24.2. The average Bonchev–Trinajstić information content (AvgIpc) is 3.45. The fourth-order valence-electron chi connectivity index (χ4n) is 10.8. The molecule has 0 radical (unpaired) electrons. The molecule has 6 heteroatoms. The number of esters is 3. The predicted octanol–water partition coefficient (Wildman–Crippen LogP) is 24.3. The van der Waals surface area contributed by atoms with Crippen LogP contribution >= 0.6 is 0 Å². The molecule has 464 valence electrons. The van der Waals surface area contributed by atoms with Gasteiger partial charge in [-0.25, -0.2) is 0 Å². The van der Waals surface area contributed by atoms with E-state index in [4.69, 9.17) is 14.2 Å². The molecule has 0 aromatic rings. The first-order valence-electron chi connectivity index (χ1n) is 35.5. The summed E-state index contributed by atoms with van der Waals surface area (Å²) in [5.41, 5.74) is 0. The highest BCUT2D eigenvalue weighted by molar-refractivity contribution is 5.71. The normalized spacial score (nSPS) is 12.2. The van der Waals surface area contributed by atoms with Crippen molar-refractivity contribution in [3.63, 3.8) is 0 Å². The maximum absolute atomic E-state index is 12.9. The Morgan fingerprint density at radius 1 is 0.253 bits per heavy atom. The van der Waals surface area contributed by atoms with Gasteiger partial charge in [0.2, 0.25) is 0 Å². The highest BCUT2D eigenvalue weighted by Crippen LogP contribution is 2.19. The van der Waals surface area contributed by atoms with Crippen molar-refractivity contribution in [1.82, 2.24) is 0 Å². The summed E-state index contributed by atoms with van der Waals surface area (Å²) >= 11 is 0. The van der Waals surface area contributed by atoms with Gasteiger partial charge in [-0.3, -0.25) is 14.4 Å². The smallest absolute Gasteiger partial charge is 0.306 e. The molecule has 0 aromatic heterocycles. The molecular weight excluding hydrogens is 973 g/mol. The number of hydrogen-bond acceptors (Lipinski definition) is 6. The Bertz CT molecular complexity index is 1320. The van der Waals surface area contributed by atoms with Crippen molar-refractivity contribution in [2.24, 2.45) is 0 Å². The van der Waals surface area contributed by atoms with E-state index in [0.717, 1.165) is 77.0 Å². The molecule has 0 spiro atoms. The van der Waals surface area contributed by atoms with Crippen LogP contribution in [0.5, 0.6) is 0 Å². The van der Waals surface area contributed by atoms with Crippen molar-refractivity contribution >= 4 is 17.9 Å². The van der Waals surface area contributed by atoms with E-state index in [-0.39, 0.29) is 31.1 Å². The second-order valence-electron chi connectivity index (χ2n) is 24.2. The predicted molar refractivity (Wildman–Crippen MR) is 344 cm³/mol. The van der Waals surface area contributed by atoms with Gasteiger partial charge < -0.3 is 14.2 Å². The second kappa shape index (κ2) is 68.1. The fraction of sp³-hybridized carbons (Fsp3) is 0.877. The molecule has 0 heterocycles. The van der Waals surface area contributed by atoms with Gasteiger partial charge in [0.05, 0.1) is 0 Å². The molecule has 0 aliphatic rings. The van der Waals surface area contributed by atoms with Gasteiger partial charge in [-0.1, -0.05) is 353 Å². The molecular formula is C73H136O6. The minimum atomic E-state index is -0.777. The average molecular weight is 1110 g/mol. The Morgan fingerprint density at radius 3 is 0.734 bits per heavy atom. The molecule has 0 fully saturated rings. The summed E-state index contributed by atoms with van der Waals surface area (Å²) in [7, 11) is 0. The maximum atomic E-state index is 12.9. The first-order valence-corrected chi connectivity index (χ1v) is 35.5. The summed E-state index contributed by atoms with van der Waals surface area (Å²) in [5, 5.41) is 0. The van der Waals surface area contributed by atoms with Gasteiger partial charge >= 0.3 is 17.9 Å². The molecule has 79 heavy (non-hydrogen) atoms. The monoisotopic (exact) mass is 1110 g/mol. The van der Waals surface area contributed by atoms with Crippen LogP contribution in [-0.2, 0) is 28.6 Å². The highest BCUT2D eigenvalue weighted by Gasteiger charge is 2.19. The number of allylic oxidation sites excluding steroid dienone is 6. The third-order valence-electron chi connectivity index (χ3n) is 16.1. The molecule has 1 unspecified atom stereocenters. The zero-order valence-corrected chi connectivity index (χ0v) is 53.4. The molecule has 0 bridgehead atoms. The van der Waals surface area contributed by atoms with Gasteiger partial charge in [0, 0.05) is 19.3 Å². The summed E-state index contributed by atoms with van der Waals surface area (Å²) in [4.78, 5) is 38.4. The van der Waals surface area contributed by atoms with Crippen molar-refractivity contribution in [1.29, 1.82) is 0 Å². The van der Waals surface area contributed by atoms with E-state index >= 15 is 0 Å². The topological polar surface area (TPSA) is 78.9 Å². The molecule has 0 saturated carbocycles. The van der Waals surface area contributed by atoms with Crippen LogP contribution in [0.2, 0.25) is 0 Å². The number of carbonyl (C=O) groups excluding carboxylic acids is 3. The minimum Gasteiger partial charge on any atom is -0.462 e. The molecule has 0 saturated heterocycles. The number of ether oxygens (including phenoxy) is 3. The third kappa shape index (κ3) is 66.3. The lowest BCUT2D eigenvalue weighted by atomic mass is 10.0. The first-order chi connectivity index (χ1) is 39.0. The largest absolute Gasteiger partial charge is 0.462 e. The minimum absolute atomic E-state index is 0.0719. The van der Waals surface area contributed by atoms with Crippen molar-refractivity contribution < 1.29 is 28.6 Å². The summed E-state index contributed by atoms with van der Waals surface area (Å²) < 4.78 is 17.0. The summed E-state index contributed by atoms with van der Waals surface area (Å²) in [5.74, 6) is -0.855. The lowest BCUT2D eigenvalue weighted by Crippen LogP contribution is -2.30. The summed E-state index contributed by atoms with van der Waals surface area (Å²) in [6, 6.07) is 0. The number of carbonyl (C=O) groups is 3. The van der Waals surface area contributed by atoms with E-state index in [1.54, 1.807) is 0 Å². The van der Waals surface area contributed by atoms with Gasteiger partial charge in [0.15, 0.2) is 6.10 Å². The Labute approximate surface area is 493 Å². The third-order valence-corrected chi connectivity index (χ3v) is 16.1. The quantitative estimate of drug-likeness (QED) is 0.0261. The van der Waals surface area contributed by atoms with E-state index in [2.05, 4.69) is 57.2 Å². The van der Waals surface area contributed by atoms with Crippen molar-refractivity contribution in [2.45, 2.75) is 399 Å². The molecule has 0 N–H and O–H groups in total. The van der Waals surface area contributed by atoms with Crippen LogP contribution in [0.1, 0.15) is 393 Å². The van der Waals surface area contributed by atoms with E-state index in [1.807, 2.05) is 0 Å². The van der Waals surface area contributed by atoms with E-state index in [1.165, 1.54) is 276 Å². The standard InChI is InChI=1S/C73H136O6/c1-4-7-10-13-16-19-22-25-28-30-32-33-34-35-36-37-38-39-40-42-43-45-48-51-54-57-60-63-66-72(75)78-69-70(68-77-71(74)65-62-59-56-53-50-47-27-24-21-18-15-12-9-6-3)79-73(76)67-64-61-58-55-52-49-46-44-41-31-29-26-23-20-17-14-11-8-5-2/h17,20,26,29,41,44,70H,4-16,18-19,21-25,27-28,30-40,42-43,45-69H2,1-3H3/b20-17-,29-26-,44-41-. The van der Waals surface area contributed by atoms with E-state index < -0.39 is 6.10 Å². The van der Waals surface area contributed by atoms with Crippen molar-refractivity contribution in [3.05, 3.63) is 36.5 Å². The Morgan fingerprint density at radius 2 is 0.456 bits per heavy atom. The molecule has 0 aliphatic heterocycles. The molecule has 0 amide bonds. The van der Waals surface area contributed by atoms with Gasteiger partial charge in [0.1, 0.15) is 13.2 Å². The lowest BCUT2D eigenvalue weighted by Gasteiger charge is -2.18. The maximum Gasteiger partial charge on any atom is 0.306 e. The summed E-state index contributed by atoms with van der Waals surface area (Å²) in [6.07, 6.45) is 84.6. The number of unbranched alkanes of at least 4 members (excludes halogenated alkanes) is 49. The Balaban J connectivity index is 4.22. The van der Waals surface area contributed by atoms with Crippen LogP contribution in [0.25, 0.3) is 0 Å². The van der Waals surface area contributed by atoms with Crippen molar-refractivity contribution in [2.75, 3.05) is 13.2 Å². The van der Waals surface area contributed by atoms with Crippen LogP contribution in [0.4, 0.5) is 0 Å². The van der Waals surface area contributed by atoms with Crippen LogP contribution < -0.4 is 0 Å². The summed E-state index contributed by atoms with van der Waals surface area (Å²) in [6.45, 7) is 6.68. The molecule has 0 aliphatic carbocycles. The van der Waals surface area contributed by atoms with E-state index in [0.29, 0.717) is 19.3 Å². The van der Waals surface area contributed by atoms with Crippen molar-refractivity contribution in [3.8, 4) is 0 Å². The van der Waals surface area contributed by atoms with Crippen LogP contribution in [0, 0.1) is 0 Å². The van der Waals surface area contributed by atoms with Crippen LogP contribution in [-0.4, -0.2) is 37.2 Å². The first kappa shape index (κ1) is 76.6. The van der Waals surface area contributed by atoms with Gasteiger partial charge in [0.25, 0.3) is 0 Å². The molecule has 0 aromatic carbocycles. The van der Waals surface area contributed by atoms with E-state index in [9.17, 15) is 14.4 Å². The Kier molecular flexibility index (Phi) is 66.1. The number of rotatable bonds is 66. The highest BCUT2D eigenvalue weighted by atomic mass is 16.6. The van der Waals surface area contributed by atoms with Gasteiger partial charge in [-0.2, -0.15) is 0 Å². The number of hydrogen-bond donors (Lipinski definition) is 0. The van der Waals surface area contributed by atoms with Gasteiger partial charge in [-0.15, -0.1) is 0 Å². The molecule has 1 atom stereocenters. The zero-order valence-electron chi connectivity index (χ0n) is 53.4. The Hall–Kier alpha value is -2.37. The lowest BCUT2D eigenvalue weighted by molar-refractivity contribution is -0.167. The van der Waals surface area contributed by atoms with Gasteiger partial charge in [-0.05, 0) is 57.8 Å². The zero-order chi connectivity index (χ0) is 57.1. The SMILES string of the molecule is CCCCC/C=C\C/C=C\C/C=C\CCCCCCCCC(=O)OC(COC(=O)CCCCCCCCCCCCCCCC)COC(=O)CCCCCCCCCCCCCCCCCCCCCCCCCCCCCC.